The Labute approximate surface area is 283 Å². The molecule has 0 spiro atoms. The largest absolute Gasteiger partial charge is 0.534 e. The van der Waals surface area contributed by atoms with Crippen molar-refractivity contribution in [2.45, 2.75) is 44.2 Å². The van der Waals surface area contributed by atoms with Gasteiger partial charge in [-0.2, -0.15) is 21.6 Å². The van der Waals surface area contributed by atoms with E-state index in [4.69, 9.17) is 0 Å². The van der Waals surface area contributed by atoms with Crippen LogP contribution in [0.2, 0.25) is 0 Å². The molecule has 11 nitrogen and oxygen atoms in total. The number of nitrogens with one attached hydrogen (secondary N) is 1. The topological polar surface area (TPSA) is 156 Å². The lowest BCUT2D eigenvalue weighted by Gasteiger charge is -2.38. The molecule has 5 rings (SSSR count). The lowest BCUT2D eigenvalue weighted by atomic mass is 9.95. The van der Waals surface area contributed by atoms with Crippen molar-refractivity contribution >= 4 is 39.2 Å². The van der Waals surface area contributed by atoms with Crippen LogP contribution in [0.15, 0.2) is 73.1 Å². The molecule has 2 aromatic carbocycles. The Kier molecular flexibility index (Phi) is 9.84. The van der Waals surface area contributed by atoms with E-state index in [2.05, 4.69) is 19.5 Å². The molecule has 16 heteroatoms. The molecule has 3 heterocycles. The summed E-state index contributed by atoms with van der Waals surface area (Å²) in [6.07, 6.45) is 3.15. The zero-order valence-corrected chi connectivity index (χ0v) is 28.0. The molecule has 2 amide bonds. The molecular weight excluding hydrogens is 686 g/mol. The number of thiophene rings is 1. The summed E-state index contributed by atoms with van der Waals surface area (Å²) >= 11 is 1.35. The van der Waals surface area contributed by atoms with Crippen molar-refractivity contribution in [2.75, 3.05) is 13.1 Å². The molecule has 0 bridgehead atoms. The van der Waals surface area contributed by atoms with Crippen LogP contribution in [-0.2, 0) is 31.5 Å². The Morgan fingerprint density at radius 3 is 2.06 bits per heavy atom. The number of likely N-dealkylation sites (tertiary alicyclic amines) is 1. The lowest BCUT2D eigenvalue weighted by Crippen LogP contribution is -2.59. The number of halogens is 3. The molecule has 0 radical (unpaired) electrons. The molecule has 1 aliphatic heterocycles. The maximum absolute atomic E-state index is 13.4. The van der Waals surface area contributed by atoms with Gasteiger partial charge in [0.2, 0.25) is 5.91 Å². The fourth-order valence-corrected chi connectivity index (χ4v) is 6.28. The number of aromatic nitrogens is 2. The van der Waals surface area contributed by atoms with Crippen LogP contribution in [0.5, 0.6) is 5.75 Å². The molecule has 4 aromatic rings. The molecular formula is C33H31F3N4O7S2. The average molecular weight is 717 g/mol. The second kappa shape index (κ2) is 13.6. The quantitative estimate of drug-likeness (QED) is 0.165. The molecule has 0 saturated carbocycles. The van der Waals surface area contributed by atoms with Crippen LogP contribution >= 0.6 is 11.3 Å². The zero-order valence-electron chi connectivity index (χ0n) is 26.4. The number of benzene rings is 2. The summed E-state index contributed by atoms with van der Waals surface area (Å²) in [6.45, 7) is 6.25. The number of aliphatic carboxylic acids is 1. The summed E-state index contributed by atoms with van der Waals surface area (Å²) < 4.78 is 64.3. The average Bonchev–Trinajstić information content (AvgIpc) is 3.52. The minimum absolute atomic E-state index is 0.0673. The number of nitrogens with zero attached hydrogens (tertiary/aromatic N) is 3. The van der Waals surface area contributed by atoms with Gasteiger partial charge in [-0.25, -0.2) is 9.97 Å². The number of rotatable bonds is 10. The van der Waals surface area contributed by atoms with Gasteiger partial charge in [0.05, 0.1) is 10.8 Å². The molecule has 1 fully saturated rings. The molecule has 1 atom stereocenters. The third-order valence-corrected chi connectivity index (χ3v) is 10.2. The molecule has 258 valence electrons. The third kappa shape index (κ3) is 8.25. The van der Waals surface area contributed by atoms with Crippen molar-refractivity contribution in [1.82, 2.24) is 20.2 Å². The van der Waals surface area contributed by atoms with Gasteiger partial charge in [-0.05, 0) is 40.8 Å². The Balaban J connectivity index is 1.27. The van der Waals surface area contributed by atoms with Crippen molar-refractivity contribution in [3.05, 3.63) is 88.4 Å². The van der Waals surface area contributed by atoms with Gasteiger partial charge in [-0.15, -0.1) is 11.3 Å². The number of carboxylic acids is 1. The highest BCUT2D eigenvalue weighted by Crippen LogP contribution is 2.31. The maximum Gasteiger partial charge on any atom is 0.534 e. The molecule has 0 aliphatic carbocycles. The molecule has 2 N–H and O–H groups in total. The van der Waals surface area contributed by atoms with Crippen LogP contribution in [0.3, 0.4) is 0 Å². The first-order chi connectivity index (χ1) is 22.9. The highest BCUT2D eigenvalue weighted by Gasteiger charge is 2.48. The third-order valence-electron chi connectivity index (χ3n) is 7.70. The second-order valence-electron chi connectivity index (χ2n) is 12.4. The zero-order chi connectivity index (χ0) is 35.7. The van der Waals surface area contributed by atoms with Crippen LogP contribution in [0.25, 0.3) is 22.5 Å². The summed E-state index contributed by atoms with van der Waals surface area (Å²) in [5.41, 5.74) is -3.31. The van der Waals surface area contributed by atoms with E-state index >= 15 is 0 Å². The predicted octanol–water partition coefficient (Wildman–Crippen LogP) is 5.28. The first kappa shape index (κ1) is 35.5. The van der Waals surface area contributed by atoms with E-state index in [9.17, 15) is 41.1 Å². The first-order valence-corrected chi connectivity index (χ1v) is 17.1. The normalized spacial score (nSPS) is 14.5. The van der Waals surface area contributed by atoms with Gasteiger partial charge < -0.3 is 19.5 Å². The summed E-state index contributed by atoms with van der Waals surface area (Å²) in [4.78, 5) is 49.6. The molecule has 49 heavy (non-hydrogen) atoms. The van der Waals surface area contributed by atoms with E-state index in [1.54, 1.807) is 30.3 Å². The van der Waals surface area contributed by atoms with Crippen LogP contribution in [-0.4, -0.2) is 70.8 Å². The highest BCUT2D eigenvalue weighted by molar-refractivity contribution is 7.88. The van der Waals surface area contributed by atoms with Crippen LogP contribution in [0, 0.1) is 5.92 Å². The van der Waals surface area contributed by atoms with E-state index in [1.165, 1.54) is 40.8 Å². The van der Waals surface area contributed by atoms with Gasteiger partial charge in [0, 0.05) is 47.9 Å². The number of alkyl halides is 3. The Bertz CT molecular complexity index is 1950. The van der Waals surface area contributed by atoms with Gasteiger partial charge in [-0.3, -0.25) is 14.4 Å². The van der Waals surface area contributed by atoms with Crippen LogP contribution < -0.4 is 9.50 Å². The number of carboxylic acid groups (broad SMARTS) is 1. The lowest BCUT2D eigenvalue weighted by molar-refractivity contribution is -0.153. The number of hydrogen-bond donors (Lipinski definition) is 2. The number of hydrogen-bond acceptors (Lipinski definition) is 9. The predicted molar refractivity (Wildman–Crippen MR) is 174 cm³/mol. The summed E-state index contributed by atoms with van der Waals surface area (Å²) in [6, 6.07) is 14.6. The number of carbonyl (C=O) groups is 3. The van der Waals surface area contributed by atoms with Crippen molar-refractivity contribution in [3.8, 4) is 28.3 Å². The van der Waals surface area contributed by atoms with Crippen LogP contribution in [0.1, 0.15) is 40.9 Å². The van der Waals surface area contributed by atoms with E-state index in [1.807, 2.05) is 26.8 Å². The maximum atomic E-state index is 13.4. The smallest absolute Gasteiger partial charge is 0.481 e. The highest BCUT2D eigenvalue weighted by atomic mass is 32.2. The summed E-state index contributed by atoms with van der Waals surface area (Å²) in [7, 11) is -5.79. The Hall–Kier alpha value is -4.83. The van der Waals surface area contributed by atoms with E-state index in [0.29, 0.717) is 27.4 Å². The summed E-state index contributed by atoms with van der Waals surface area (Å²) in [5.74, 6) is -2.53. The van der Waals surface area contributed by atoms with Crippen LogP contribution in [0.4, 0.5) is 13.2 Å². The fraction of sp³-hybridized carbons (Fsp3) is 0.303. The molecule has 1 unspecified atom stereocenters. The van der Waals surface area contributed by atoms with Gasteiger partial charge in [0.1, 0.15) is 11.8 Å². The van der Waals surface area contributed by atoms with E-state index < -0.39 is 45.2 Å². The minimum Gasteiger partial charge on any atom is -0.481 e. The standard InChI is InChI=1S/C33H31F3N4O7S2/c1-32(2,3)27-13-12-26(48-27)29(41)39-25(30(42)40-17-23(18-40)31(43)44)14-19-4-6-21(7-5-19)28-37-15-22(16-38-28)20-8-10-24(11-9-20)47-49(45,46)33(34,35)36/h4-13,15-16,23,25H,14,17-18H2,1-3H3,(H,39,41)(H,43,44). The Morgan fingerprint density at radius 2 is 1.53 bits per heavy atom. The molecule has 1 aliphatic rings. The van der Waals surface area contributed by atoms with Gasteiger partial charge in [0.25, 0.3) is 5.91 Å². The second-order valence-corrected chi connectivity index (χ2v) is 15.0. The number of carbonyl (C=O) groups excluding carboxylic acids is 2. The first-order valence-electron chi connectivity index (χ1n) is 14.9. The van der Waals surface area contributed by atoms with Crippen molar-refractivity contribution < 1.29 is 45.3 Å². The van der Waals surface area contributed by atoms with E-state index in [0.717, 1.165) is 22.6 Å². The minimum atomic E-state index is -5.79. The molecule has 2 aromatic heterocycles. The van der Waals surface area contributed by atoms with Crippen molar-refractivity contribution in [3.63, 3.8) is 0 Å². The van der Waals surface area contributed by atoms with Crippen molar-refractivity contribution in [1.29, 1.82) is 0 Å². The van der Waals surface area contributed by atoms with Gasteiger partial charge in [0.15, 0.2) is 5.82 Å². The molecule has 1 saturated heterocycles. The number of amides is 2. The SMILES string of the molecule is CC(C)(C)c1ccc(C(=O)NC(Cc2ccc(-c3ncc(-c4ccc(OS(=O)(=O)C(F)(F)F)cc4)cn3)cc2)C(=O)N2CC(C(=O)O)C2)s1. The van der Waals surface area contributed by atoms with E-state index in [-0.39, 0.29) is 30.8 Å². The van der Waals surface area contributed by atoms with Gasteiger partial charge >= 0.3 is 21.6 Å². The fourth-order valence-electron chi connectivity index (χ4n) is 4.86. The summed E-state index contributed by atoms with van der Waals surface area (Å²) in [5, 5.41) is 12.1. The Morgan fingerprint density at radius 1 is 0.939 bits per heavy atom. The van der Waals surface area contributed by atoms with Crippen molar-refractivity contribution in [2.24, 2.45) is 5.92 Å². The van der Waals surface area contributed by atoms with Gasteiger partial charge in [-0.1, -0.05) is 57.2 Å². The monoisotopic (exact) mass is 716 g/mol.